The first-order chi connectivity index (χ1) is 10.0. The lowest BCUT2D eigenvalue weighted by atomic mass is 9.90. The van der Waals surface area contributed by atoms with E-state index in [-0.39, 0.29) is 17.9 Å². The molecular weight excluding hydrogens is 294 g/mol. The number of hydrogen-bond donors (Lipinski definition) is 0. The average Bonchev–Trinajstić information content (AvgIpc) is 3.11. The smallest absolute Gasteiger partial charge is 0.216 e. The maximum absolute atomic E-state index is 12.5. The summed E-state index contributed by atoms with van der Waals surface area (Å²) < 4.78 is 43.4. The Bertz CT molecular complexity index is 444. The highest BCUT2D eigenvalue weighted by atomic mass is 32.2. The number of hydrogen-bond acceptors (Lipinski definition) is 5. The fourth-order valence-corrected chi connectivity index (χ4v) is 5.18. The molecular formula is C14H25NO5S. The molecule has 2 aliphatic heterocycles. The third-order valence-electron chi connectivity index (χ3n) is 4.90. The number of sulfonamides is 1. The van der Waals surface area contributed by atoms with Crippen molar-refractivity contribution in [3.63, 3.8) is 0 Å². The van der Waals surface area contributed by atoms with Gasteiger partial charge in [-0.2, -0.15) is 0 Å². The fraction of sp³-hybridized carbons (Fsp3) is 1.00. The molecule has 1 saturated carbocycles. The Morgan fingerprint density at radius 3 is 2.33 bits per heavy atom. The quantitative estimate of drug-likeness (QED) is 0.777. The first kappa shape index (κ1) is 15.7. The molecule has 7 heteroatoms. The van der Waals surface area contributed by atoms with Crippen molar-refractivity contribution in [2.24, 2.45) is 0 Å². The van der Waals surface area contributed by atoms with Crippen molar-refractivity contribution < 1.29 is 22.6 Å². The molecule has 122 valence electrons. The predicted molar refractivity (Wildman–Crippen MR) is 77.4 cm³/mol. The summed E-state index contributed by atoms with van der Waals surface area (Å²) in [5.74, 6) is -0.326. The van der Waals surface area contributed by atoms with Gasteiger partial charge >= 0.3 is 0 Å². The van der Waals surface area contributed by atoms with Crippen LogP contribution in [0.1, 0.15) is 38.5 Å². The van der Waals surface area contributed by atoms with Crippen LogP contribution in [0.15, 0.2) is 0 Å². The second kappa shape index (κ2) is 6.12. The highest BCUT2D eigenvalue weighted by Crippen LogP contribution is 2.37. The summed E-state index contributed by atoms with van der Waals surface area (Å²) in [4.78, 5) is 0. The van der Waals surface area contributed by atoms with E-state index in [1.54, 1.807) is 11.4 Å². The molecule has 0 aromatic carbocycles. The van der Waals surface area contributed by atoms with Crippen LogP contribution in [-0.4, -0.2) is 63.3 Å². The molecule has 0 radical (unpaired) electrons. The maximum atomic E-state index is 12.5. The highest BCUT2D eigenvalue weighted by molar-refractivity contribution is 7.89. The normalized spacial score (nSPS) is 30.5. The van der Waals surface area contributed by atoms with Gasteiger partial charge in [0.05, 0.1) is 25.1 Å². The van der Waals surface area contributed by atoms with Gasteiger partial charge in [-0.25, -0.2) is 12.7 Å². The van der Waals surface area contributed by atoms with Crippen molar-refractivity contribution in [3.05, 3.63) is 0 Å². The molecule has 0 aromatic rings. The minimum atomic E-state index is -3.25. The van der Waals surface area contributed by atoms with Crippen LogP contribution >= 0.6 is 0 Å². The number of nitrogens with zero attached hydrogens (tertiary/aromatic N) is 1. The summed E-state index contributed by atoms with van der Waals surface area (Å²) >= 11 is 0. The van der Waals surface area contributed by atoms with E-state index in [1.807, 2.05) is 0 Å². The Kier molecular flexibility index (Phi) is 4.57. The van der Waals surface area contributed by atoms with Crippen LogP contribution in [0.25, 0.3) is 0 Å². The lowest BCUT2D eigenvalue weighted by Gasteiger charge is -2.38. The van der Waals surface area contributed by atoms with Gasteiger partial charge in [-0.15, -0.1) is 0 Å². The molecule has 6 nitrogen and oxygen atoms in total. The summed E-state index contributed by atoms with van der Waals surface area (Å²) in [6.07, 6.45) is 4.82. The lowest BCUT2D eigenvalue weighted by Crippen LogP contribution is -2.46. The molecule has 1 atom stereocenters. The van der Waals surface area contributed by atoms with Crippen LogP contribution in [0.4, 0.5) is 0 Å². The van der Waals surface area contributed by atoms with E-state index in [0.29, 0.717) is 19.8 Å². The van der Waals surface area contributed by atoms with Crippen LogP contribution in [0.3, 0.4) is 0 Å². The first-order valence-electron chi connectivity index (χ1n) is 7.86. The second-order valence-corrected chi connectivity index (χ2v) is 8.34. The van der Waals surface area contributed by atoms with Crippen LogP contribution in [-0.2, 0) is 24.2 Å². The zero-order valence-corrected chi connectivity index (χ0v) is 13.4. The van der Waals surface area contributed by atoms with Gasteiger partial charge in [0.15, 0.2) is 5.79 Å². The monoisotopic (exact) mass is 319 g/mol. The first-order valence-corrected chi connectivity index (χ1v) is 9.47. The molecule has 0 amide bonds. The lowest BCUT2D eigenvalue weighted by molar-refractivity contribution is -0.181. The minimum absolute atomic E-state index is 0.0508. The molecule has 0 N–H and O–H groups in total. The van der Waals surface area contributed by atoms with Gasteiger partial charge in [0.2, 0.25) is 10.0 Å². The maximum Gasteiger partial charge on any atom is 0.216 e. The van der Waals surface area contributed by atoms with Crippen molar-refractivity contribution in [3.8, 4) is 0 Å². The van der Waals surface area contributed by atoms with Crippen molar-refractivity contribution in [2.75, 3.05) is 32.6 Å². The summed E-state index contributed by atoms with van der Waals surface area (Å²) in [6, 6.07) is 0.0508. The standard InChI is InChI=1S/C14H25NO5S/c1-15(21(16,17)11-13-3-2-8-18-13)12-4-6-14(7-5-12)19-9-10-20-14/h12-13H,2-11H2,1H3. The van der Waals surface area contributed by atoms with E-state index >= 15 is 0 Å². The van der Waals surface area contributed by atoms with Gasteiger partial charge in [-0.05, 0) is 25.7 Å². The third kappa shape index (κ3) is 3.42. The van der Waals surface area contributed by atoms with Crippen molar-refractivity contribution in [1.29, 1.82) is 0 Å². The summed E-state index contributed by atoms with van der Waals surface area (Å²) in [7, 11) is -1.55. The van der Waals surface area contributed by atoms with Crippen LogP contribution < -0.4 is 0 Å². The summed E-state index contributed by atoms with van der Waals surface area (Å²) in [5, 5.41) is 0. The van der Waals surface area contributed by atoms with E-state index in [0.717, 1.165) is 38.5 Å². The molecule has 3 aliphatic rings. The molecule has 21 heavy (non-hydrogen) atoms. The fourth-order valence-electron chi connectivity index (χ4n) is 3.55. The van der Waals surface area contributed by atoms with Gasteiger partial charge < -0.3 is 14.2 Å². The van der Waals surface area contributed by atoms with E-state index < -0.39 is 15.8 Å². The van der Waals surface area contributed by atoms with Crippen molar-refractivity contribution >= 4 is 10.0 Å². The average molecular weight is 319 g/mol. The molecule has 2 saturated heterocycles. The molecule has 3 rings (SSSR count). The van der Waals surface area contributed by atoms with Gasteiger partial charge in [0.25, 0.3) is 0 Å². The predicted octanol–water partition coefficient (Wildman–Crippen LogP) is 1.11. The van der Waals surface area contributed by atoms with Crippen LogP contribution in [0.5, 0.6) is 0 Å². The Morgan fingerprint density at radius 2 is 1.76 bits per heavy atom. The SMILES string of the molecule is CN(C1CCC2(CC1)OCCO2)S(=O)(=O)CC1CCCO1. The molecule has 1 aliphatic carbocycles. The molecule has 3 fully saturated rings. The zero-order chi connectivity index (χ0) is 14.9. The minimum Gasteiger partial charge on any atom is -0.377 e. The van der Waals surface area contributed by atoms with Gasteiger partial charge in [0.1, 0.15) is 0 Å². The van der Waals surface area contributed by atoms with Gasteiger partial charge in [-0.1, -0.05) is 0 Å². The Labute approximate surface area is 126 Å². The molecule has 0 bridgehead atoms. The van der Waals surface area contributed by atoms with E-state index in [4.69, 9.17) is 14.2 Å². The zero-order valence-electron chi connectivity index (χ0n) is 12.6. The largest absolute Gasteiger partial charge is 0.377 e. The summed E-state index contributed by atoms with van der Waals surface area (Å²) in [5.41, 5.74) is 0. The molecule has 0 aromatic heterocycles. The van der Waals surface area contributed by atoms with Gasteiger partial charge in [-0.3, -0.25) is 0 Å². The molecule has 1 unspecified atom stereocenters. The Morgan fingerprint density at radius 1 is 1.10 bits per heavy atom. The van der Waals surface area contributed by atoms with Crippen LogP contribution in [0.2, 0.25) is 0 Å². The molecule has 1 spiro atoms. The number of ether oxygens (including phenoxy) is 3. The van der Waals surface area contributed by atoms with Crippen molar-refractivity contribution in [1.82, 2.24) is 4.31 Å². The van der Waals surface area contributed by atoms with E-state index in [2.05, 4.69) is 0 Å². The van der Waals surface area contributed by atoms with E-state index in [1.165, 1.54) is 0 Å². The molecule has 2 heterocycles. The van der Waals surface area contributed by atoms with Crippen molar-refractivity contribution in [2.45, 2.75) is 56.5 Å². The Balaban J connectivity index is 1.56. The van der Waals surface area contributed by atoms with Crippen LogP contribution in [0, 0.1) is 0 Å². The van der Waals surface area contributed by atoms with Gasteiger partial charge in [0, 0.05) is 32.5 Å². The highest BCUT2D eigenvalue weighted by Gasteiger charge is 2.43. The topological polar surface area (TPSA) is 65.1 Å². The number of rotatable bonds is 4. The Hall–Kier alpha value is -0.210. The summed E-state index contributed by atoms with van der Waals surface area (Å²) in [6.45, 7) is 1.99. The third-order valence-corrected chi connectivity index (χ3v) is 6.87. The second-order valence-electron chi connectivity index (χ2n) is 6.27. The van der Waals surface area contributed by atoms with E-state index in [9.17, 15) is 8.42 Å².